The largest absolute Gasteiger partial charge is 0.266 e. The van der Waals surface area contributed by atoms with Gasteiger partial charge >= 0.3 is 0 Å². The van der Waals surface area contributed by atoms with Gasteiger partial charge in [-0.05, 0) is 32.1 Å². The van der Waals surface area contributed by atoms with Gasteiger partial charge in [-0.15, -0.1) is 0 Å². The molecule has 1 unspecified atom stereocenters. The molecule has 74 valence electrons. The van der Waals surface area contributed by atoms with Crippen molar-refractivity contribution in [3.8, 4) is 0 Å². The van der Waals surface area contributed by atoms with E-state index in [0.29, 0.717) is 5.92 Å². The molecule has 1 atom stereocenters. The Kier molecular flexibility index (Phi) is 4.20. The van der Waals surface area contributed by atoms with E-state index >= 15 is 0 Å². The van der Waals surface area contributed by atoms with Crippen LogP contribution < -0.4 is 0 Å². The number of unbranched alkanes of at least 4 members (excludes halogenated alkanes) is 2. The molecule has 0 aromatic carbocycles. The van der Waals surface area contributed by atoms with Crippen molar-refractivity contribution in [1.82, 2.24) is 0 Å². The summed E-state index contributed by atoms with van der Waals surface area (Å²) in [7, 11) is 0. The van der Waals surface area contributed by atoms with E-state index in [1.54, 1.807) is 5.57 Å². The molecule has 1 aliphatic rings. The van der Waals surface area contributed by atoms with Crippen molar-refractivity contribution in [2.45, 2.75) is 52.9 Å². The zero-order valence-corrected chi connectivity index (χ0v) is 9.14. The third-order valence-corrected chi connectivity index (χ3v) is 2.83. The molecule has 0 aromatic heterocycles. The number of hydrogen-bond acceptors (Lipinski definition) is 1. The van der Waals surface area contributed by atoms with E-state index in [2.05, 4.69) is 32.0 Å². The average molecular weight is 179 g/mol. The Bertz CT molecular complexity index is 213. The molecular weight excluding hydrogens is 158 g/mol. The monoisotopic (exact) mass is 179 g/mol. The standard InChI is InChI=1S/C12H21N/c1-4-5-6-7-12-8-10(2)11(3)13-9-12/h9-10H,4-8H2,1-3H3. The van der Waals surface area contributed by atoms with Gasteiger partial charge in [-0.1, -0.05) is 32.3 Å². The van der Waals surface area contributed by atoms with Gasteiger partial charge in [-0.25, -0.2) is 0 Å². The average Bonchev–Trinajstić information content (AvgIpc) is 2.12. The molecule has 0 aliphatic carbocycles. The third kappa shape index (κ3) is 3.33. The molecule has 1 nitrogen and oxygen atoms in total. The summed E-state index contributed by atoms with van der Waals surface area (Å²) in [4.78, 5) is 4.43. The lowest BCUT2D eigenvalue weighted by Gasteiger charge is -2.17. The minimum atomic E-state index is 0.668. The van der Waals surface area contributed by atoms with Gasteiger partial charge in [0.15, 0.2) is 0 Å². The predicted octanol–water partition coefficient (Wildman–Crippen LogP) is 3.95. The van der Waals surface area contributed by atoms with Gasteiger partial charge in [0, 0.05) is 11.9 Å². The number of rotatable bonds is 4. The molecule has 1 heteroatoms. The van der Waals surface area contributed by atoms with E-state index in [-0.39, 0.29) is 0 Å². The lowest BCUT2D eigenvalue weighted by Crippen LogP contribution is -2.11. The quantitative estimate of drug-likeness (QED) is 0.579. The minimum Gasteiger partial charge on any atom is -0.266 e. The molecule has 1 aliphatic heterocycles. The van der Waals surface area contributed by atoms with Gasteiger partial charge in [0.1, 0.15) is 0 Å². The fourth-order valence-electron chi connectivity index (χ4n) is 1.68. The maximum atomic E-state index is 4.43. The lowest BCUT2D eigenvalue weighted by molar-refractivity contribution is 0.654. The first-order valence-electron chi connectivity index (χ1n) is 5.46. The van der Waals surface area contributed by atoms with Crippen molar-refractivity contribution < 1.29 is 0 Å². The Hall–Kier alpha value is -0.590. The number of hydrogen-bond donors (Lipinski definition) is 0. The topological polar surface area (TPSA) is 12.4 Å². The van der Waals surface area contributed by atoms with E-state index < -0.39 is 0 Å². The first-order chi connectivity index (χ1) is 6.24. The molecule has 0 fully saturated rings. The van der Waals surface area contributed by atoms with Crippen molar-refractivity contribution >= 4 is 5.71 Å². The summed E-state index contributed by atoms with van der Waals surface area (Å²) in [5.74, 6) is 0.668. The van der Waals surface area contributed by atoms with E-state index in [4.69, 9.17) is 0 Å². The summed E-state index contributed by atoms with van der Waals surface area (Å²) in [5, 5.41) is 0. The molecule has 0 bridgehead atoms. The normalized spacial score (nSPS) is 22.5. The highest BCUT2D eigenvalue weighted by atomic mass is 14.7. The van der Waals surface area contributed by atoms with Gasteiger partial charge in [-0.3, -0.25) is 4.99 Å². The fraction of sp³-hybridized carbons (Fsp3) is 0.750. The van der Waals surface area contributed by atoms with Crippen LogP contribution in [0.15, 0.2) is 16.8 Å². The van der Waals surface area contributed by atoms with Crippen molar-refractivity contribution in [3.05, 3.63) is 11.8 Å². The second kappa shape index (κ2) is 5.21. The van der Waals surface area contributed by atoms with Crippen LogP contribution in [0, 0.1) is 5.92 Å². The first-order valence-corrected chi connectivity index (χ1v) is 5.46. The second-order valence-electron chi connectivity index (χ2n) is 4.12. The minimum absolute atomic E-state index is 0.668. The van der Waals surface area contributed by atoms with Crippen LogP contribution in [0.4, 0.5) is 0 Å². The van der Waals surface area contributed by atoms with Crippen LogP contribution in [0.25, 0.3) is 0 Å². The van der Waals surface area contributed by atoms with Crippen LogP contribution in [0.3, 0.4) is 0 Å². The number of allylic oxidation sites excluding steroid dienone is 1. The molecule has 0 amide bonds. The fourth-order valence-corrected chi connectivity index (χ4v) is 1.68. The van der Waals surface area contributed by atoms with Gasteiger partial charge in [-0.2, -0.15) is 0 Å². The Morgan fingerprint density at radius 3 is 2.85 bits per heavy atom. The van der Waals surface area contributed by atoms with Crippen LogP contribution in [0.1, 0.15) is 52.9 Å². The zero-order chi connectivity index (χ0) is 9.68. The van der Waals surface area contributed by atoms with E-state index in [1.807, 2.05) is 0 Å². The Labute approximate surface area is 82.0 Å². The molecular formula is C12H21N. The van der Waals surface area contributed by atoms with Gasteiger partial charge in [0.2, 0.25) is 0 Å². The van der Waals surface area contributed by atoms with Crippen LogP contribution in [-0.2, 0) is 0 Å². The SMILES string of the molecule is CCCCCC1=CN=C(C)C(C)C1. The van der Waals surface area contributed by atoms with Crippen molar-refractivity contribution in [3.63, 3.8) is 0 Å². The molecule has 0 spiro atoms. The van der Waals surface area contributed by atoms with Crippen molar-refractivity contribution in [2.24, 2.45) is 10.9 Å². The molecule has 0 aromatic rings. The molecule has 13 heavy (non-hydrogen) atoms. The Morgan fingerprint density at radius 2 is 2.23 bits per heavy atom. The summed E-state index contributed by atoms with van der Waals surface area (Å²) in [5.41, 5.74) is 2.84. The highest BCUT2D eigenvalue weighted by molar-refractivity contribution is 5.85. The zero-order valence-electron chi connectivity index (χ0n) is 9.14. The van der Waals surface area contributed by atoms with Crippen LogP contribution in [-0.4, -0.2) is 5.71 Å². The Morgan fingerprint density at radius 1 is 1.46 bits per heavy atom. The summed E-state index contributed by atoms with van der Waals surface area (Å²) in [6, 6.07) is 0. The second-order valence-corrected chi connectivity index (χ2v) is 4.12. The maximum Gasteiger partial charge on any atom is 0.0259 e. The highest BCUT2D eigenvalue weighted by Gasteiger charge is 2.12. The summed E-state index contributed by atoms with van der Waals surface area (Å²) >= 11 is 0. The van der Waals surface area contributed by atoms with Crippen LogP contribution in [0.2, 0.25) is 0 Å². The molecule has 1 heterocycles. The van der Waals surface area contributed by atoms with E-state index in [9.17, 15) is 0 Å². The number of nitrogens with zero attached hydrogens (tertiary/aromatic N) is 1. The smallest absolute Gasteiger partial charge is 0.0259 e. The van der Waals surface area contributed by atoms with E-state index in [1.165, 1.54) is 37.8 Å². The Balaban J connectivity index is 2.35. The van der Waals surface area contributed by atoms with Crippen molar-refractivity contribution in [1.29, 1.82) is 0 Å². The van der Waals surface area contributed by atoms with Crippen LogP contribution >= 0.6 is 0 Å². The maximum absolute atomic E-state index is 4.43. The van der Waals surface area contributed by atoms with Crippen LogP contribution in [0.5, 0.6) is 0 Å². The number of aliphatic imine (C=N–C) groups is 1. The lowest BCUT2D eigenvalue weighted by atomic mass is 9.92. The molecule has 0 N–H and O–H groups in total. The molecule has 1 rings (SSSR count). The third-order valence-electron chi connectivity index (χ3n) is 2.83. The van der Waals surface area contributed by atoms with Crippen molar-refractivity contribution in [2.75, 3.05) is 0 Å². The molecule has 0 saturated carbocycles. The summed E-state index contributed by atoms with van der Waals surface area (Å²) in [6.45, 7) is 6.65. The van der Waals surface area contributed by atoms with E-state index in [0.717, 1.165) is 0 Å². The summed E-state index contributed by atoms with van der Waals surface area (Å²) < 4.78 is 0. The first kappa shape index (κ1) is 10.5. The molecule has 0 radical (unpaired) electrons. The molecule has 0 saturated heterocycles. The predicted molar refractivity (Wildman–Crippen MR) is 59.1 cm³/mol. The van der Waals surface area contributed by atoms with Gasteiger partial charge in [0.05, 0.1) is 0 Å². The summed E-state index contributed by atoms with van der Waals surface area (Å²) in [6.07, 6.45) is 8.59. The highest BCUT2D eigenvalue weighted by Crippen LogP contribution is 2.22. The van der Waals surface area contributed by atoms with Gasteiger partial charge in [0.25, 0.3) is 0 Å². The van der Waals surface area contributed by atoms with Gasteiger partial charge < -0.3 is 0 Å².